The van der Waals surface area contributed by atoms with Crippen molar-refractivity contribution >= 4 is 27.8 Å². The number of phenols is 1. The third-order valence-electron chi connectivity index (χ3n) is 3.33. The maximum atomic E-state index is 12.4. The highest BCUT2D eigenvalue weighted by molar-refractivity contribution is 9.10. The van der Waals surface area contributed by atoms with Crippen molar-refractivity contribution in [1.29, 1.82) is 0 Å². The molecule has 1 heterocycles. The van der Waals surface area contributed by atoms with E-state index in [0.29, 0.717) is 4.47 Å². The van der Waals surface area contributed by atoms with Crippen LogP contribution in [0.1, 0.15) is 16.8 Å². The summed E-state index contributed by atoms with van der Waals surface area (Å²) in [6.45, 7) is 0.196. The van der Waals surface area contributed by atoms with Crippen LogP contribution in [-0.2, 0) is 9.53 Å². The number of aliphatic carboxylic acids is 1. The fourth-order valence-electron chi connectivity index (χ4n) is 2.27. The molecule has 1 fully saturated rings. The Bertz CT molecular complexity index is 548. The van der Waals surface area contributed by atoms with E-state index in [9.17, 15) is 19.8 Å². The second-order valence-electron chi connectivity index (χ2n) is 4.57. The molecule has 7 heteroatoms. The topological polar surface area (TPSA) is 87.1 Å². The highest BCUT2D eigenvalue weighted by Gasteiger charge is 2.40. The van der Waals surface area contributed by atoms with Crippen molar-refractivity contribution in [3.63, 3.8) is 0 Å². The number of halogens is 1. The molecule has 2 rings (SSSR count). The number of hydrogen-bond acceptors (Lipinski definition) is 4. The minimum Gasteiger partial charge on any atom is -0.507 e. The summed E-state index contributed by atoms with van der Waals surface area (Å²) in [6.07, 6.45) is -0.0628. The van der Waals surface area contributed by atoms with Crippen LogP contribution in [0.4, 0.5) is 0 Å². The van der Waals surface area contributed by atoms with Crippen molar-refractivity contribution < 1.29 is 24.5 Å². The molecule has 0 spiro atoms. The van der Waals surface area contributed by atoms with Crippen LogP contribution in [-0.4, -0.2) is 52.8 Å². The first-order valence-corrected chi connectivity index (χ1v) is 6.78. The number of carbonyl (C=O) groups excluding carboxylic acids is 1. The Kier molecular flexibility index (Phi) is 4.29. The van der Waals surface area contributed by atoms with Gasteiger partial charge in [-0.15, -0.1) is 0 Å². The Morgan fingerprint density at radius 1 is 1.45 bits per heavy atom. The lowest BCUT2D eigenvalue weighted by molar-refractivity contribution is -0.141. The molecule has 0 aromatic heterocycles. The van der Waals surface area contributed by atoms with Crippen molar-refractivity contribution in [2.75, 3.05) is 13.7 Å². The number of nitrogens with zero attached hydrogens (tertiary/aromatic N) is 1. The first kappa shape index (κ1) is 14.8. The summed E-state index contributed by atoms with van der Waals surface area (Å²) >= 11 is 3.19. The van der Waals surface area contributed by atoms with Gasteiger partial charge in [0, 0.05) is 24.5 Å². The van der Waals surface area contributed by atoms with Crippen molar-refractivity contribution in [2.45, 2.75) is 18.6 Å². The van der Waals surface area contributed by atoms with E-state index in [1.54, 1.807) is 6.07 Å². The second-order valence-corrected chi connectivity index (χ2v) is 5.48. The summed E-state index contributed by atoms with van der Waals surface area (Å²) < 4.78 is 5.77. The molecule has 0 bridgehead atoms. The number of amides is 1. The quantitative estimate of drug-likeness (QED) is 0.867. The van der Waals surface area contributed by atoms with Crippen LogP contribution in [0.2, 0.25) is 0 Å². The van der Waals surface area contributed by atoms with Gasteiger partial charge in [0.15, 0.2) is 0 Å². The predicted molar refractivity (Wildman–Crippen MR) is 73.7 cm³/mol. The Morgan fingerprint density at radius 3 is 2.70 bits per heavy atom. The number of ether oxygens (including phenoxy) is 1. The lowest BCUT2D eigenvalue weighted by Gasteiger charge is -2.21. The molecule has 0 aliphatic carbocycles. The molecule has 1 amide bonds. The number of phenolic OH excluding ortho intramolecular Hbond substituents is 1. The fourth-order valence-corrected chi connectivity index (χ4v) is 2.62. The molecular formula is C13H14BrNO5. The average molecular weight is 344 g/mol. The third-order valence-corrected chi connectivity index (χ3v) is 3.83. The van der Waals surface area contributed by atoms with Gasteiger partial charge < -0.3 is 19.8 Å². The molecule has 2 atom stereocenters. The monoisotopic (exact) mass is 343 g/mol. The van der Waals surface area contributed by atoms with E-state index in [1.807, 2.05) is 0 Å². The maximum Gasteiger partial charge on any atom is 0.326 e. The summed E-state index contributed by atoms with van der Waals surface area (Å²) in [6, 6.07) is 3.54. The van der Waals surface area contributed by atoms with E-state index in [0.717, 1.165) is 0 Å². The lowest BCUT2D eigenvalue weighted by Crippen LogP contribution is -2.40. The zero-order valence-corrected chi connectivity index (χ0v) is 12.3. The molecule has 20 heavy (non-hydrogen) atoms. The molecule has 1 aliphatic heterocycles. The molecule has 1 aromatic carbocycles. The highest BCUT2D eigenvalue weighted by atomic mass is 79.9. The normalized spacial score (nSPS) is 22.0. The first-order valence-electron chi connectivity index (χ1n) is 5.99. The molecular weight excluding hydrogens is 330 g/mol. The van der Waals surface area contributed by atoms with Crippen molar-refractivity contribution in [3.05, 3.63) is 28.2 Å². The number of aromatic hydroxyl groups is 1. The number of carboxylic acid groups (broad SMARTS) is 1. The molecule has 2 N–H and O–H groups in total. The summed E-state index contributed by atoms with van der Waals surface area (Å²) in [5.41, 5.74) is 0.0798. The van der Waals surface area contributed by atoms with Crippen molar-refractivity contribution in [1.82, 2.24) is 4.90 Å². The van der Waals surface area contributed by atoms with Gasteiger partial charge in [0.05, 0.1) is 11.7 Å². The zero-order chi connectivity index (χ0) is 14.9. The van der Waals surface area contributed by atoms with Crippen LogP contribution in [0.15, 0.2) is 22.7 Å². The Hall–Kier alpha value is -1.60. The minimum atomic E-state index is -1.07. The lowest BCUT2D eigenvalue weighted by atomic mass is 10.1. The van der Waals surface area contributed by atoms with E-state index in [2.05, 4.69) is 15.9 Å². The van der Waals surface area contributed by atoms with E-state index >= 15 is 0 Å². The third kappa shape index (κ3) is 2.78. The van der Waals surface area contributed by atoms with Gasteiger partial charge in [0.1, 0.15) is 11.8 Å². The number of rotatable bonds is 3. The SMILES string of the molecule is COC1CC(C(=O)O)N(C(=O)c2ccc(Br)cc2O)C1. The Balaban J connectivity index is 2.29. The predicted octanol–water partition coefficient (Wildman–Crippen LogP) is 1.47. The van der Waals surface area contributed by atoms with Crippen LogP contribution in [0.25, 0.3) is 0 Å². The first-order chi connectivity index (χ1) is 9.43. The van der Waals surface area contributed by atoms with Crippen LogP contribution in [0.3, 0.4) is 0 Å². The van der Waals surface area contributed by atoms with Gasteiger partial charge in [-0.2, -0.15) is 0 Å². The Labute approximate surface area is 124 Å². The van der Waals surface area contributed by atoms with Crippen molar-refractivity contribution in [2.24, 2.45) is 0 Å². The smallest absolute Gasteiger partial charge is 0.326 e. The van der Waals surface area contributed by atoms with Crippen LogP contribution in [0, 0.1) is 0 Å². The minimum absolute atomic E-state index is 0.0798. The number of hydrogen-bond donors (Lipinski definition) is 2. The summed E-state index contributed by atoms with van der Waals surface area (Å²) in [5, 5.41) is 19.0. The van der Waals surface area contributed by atoms with Gasteiger partial charge in [-0.3, -0.25) is 4.79 Å². The molecule has 0 saturated carbocycles. The van der Waals surface area contributed by atoms with E-state index in [-0.39, 0.29) is 30.4 Å². The van der Waals surface area contributed by atoms with Gasteiger partial charge in [0.25, 0.3) is 5.91 Å². The van der Waals surface area contributed by atoms with Crippen LogP contribution < -0.4 is 0 Å². The second kappa shape index (κ2) is 5.80. The van der Waals surface area contributed by atoms with E-state index < -0.39 is 17.9 Å². The van der Waals surface area contributed by atoms with Gasteiger partial charge >= 0.3 is 5.97 Å². The Morgan fingerprint density at radius 2 is 2.15 bits per heavy atom. The zero-order valence-electron chi connectivity index (χ0n) is 10.7. The maximum absolute atomic E-state index is 12.4. The van der Waals surface area contributed by atoms with Crippen LogP contribution in [0.5, 0.6) is 5.75 Å². The van der Waals surface area contributed by atoms with Gasteiger partial charge in [-0.25, -0.2) is 4.79 Å². The van der Waals surface area contributed by atoms with Gasteiger partial charge in [-0.05, 0) is 18.2 Å². The van der Waals surface area contributed by atoms with Gasteiger partial charge in [0.2, 0.25) is 0 Å². The molecule has 1 aromatic rings. The molecule has 1 saturated heterocycles. The van der Waals surface area contributed by atoms with Crippen molar-refractivity contribution in [3.8, 4) is 5.75 Å². The average Bonchev–Trinajstić information content (AvgIpc) is 2.82. The summed E-state index contributed by atoms with van der Waals surface area (Å²) in [5.74, 6) is -1.77. The molecule has 2 unspecified atom stereocenters. The van der Waals surface area contributed by atoms with E-state index in [1.165, 1.54) is 24.1 Å². The standard InChI is InChI=1S/C13H14BrNO5/c1-20-8-5-10(13(18)19)15(6-8)12(17)9-3-2-7(14)4-11(9)16/h2-4,8,10,16H,5-6H2,1H3,(H,18,19). The molecule has 6 nitrogen and oxygen atoms in total. The number of methoxy groups -OCH3 is 1. The number of carboxylic acids is 1. The number of likely N-dealkylation sites (tertiary alicyclic amines) is 1. The summed E-state index contributed by atoms with van der Waals surface area (Å²) in [4.78, 5) is 24.8. The highest BCUT2D eigenvalue weighted by Crippen LogP contribution is 2.28. The number of benzene rings is 1. The molecule has 0 radical (unpaired) electrons. The van der Waals surface area contributed by atoms with Gasteiger partial charge in [-0.1, -0.05) is 15.9 Å². The van der Waals surface area contributed by atoms with E-state index in [4.69, 9.17) is 4.74 Å². The molecule has 108 valence electrons. The summed E-state index contributed by atoms with van der Waals surface area (Å²) in [7, 11) is 1.48. The fraction of sp³-hybridized carbons (Fsp3) is 0.385. The largest absolute Gasteiger partial charge is 0.507 e. The van der Waals surface area contributed by atoms with Crippen LogP contribution >= 0.6 is 15.9 Å². The molecule has 1 aliphatic rings. The number of carbonyl (C=O) groups is 2.